The lowest BCUT2D eigenvalue weighted by molar-refractivity contribution is 1.10. The fraction of sp³-hybridized carbons (Fsp3) is 0.143. The Morgan fingerprint density at radius 1 is 1.24 bits per heavy atom. The van der Waals surface area contributed by atoms with Crippen molar-refractivity contribution in [2.75, 3.05) is 0 Å². The first-order valence-electron chi connectivity index (χ1n) is 5.33. The van der Waals surface area contributed by atoms with Crippen molar-refractivity contribution in [3.63, 3.8) is 0 Å². The van der Waals surface area contributed by atoms with E-state index in [1.54, 1.807) is 17.8 Å². The highest BCUT2D eigenvalue weighted by Crippen LogP contribution is 2.21. The van der Waals surface area contributed by atoms with Crippen molar-refractivity contribution >= 4 is 11.8 Å². The van der Waals surface area contributed by atoms with Crippen LogP contribution >= 0.6 is 11.8 Å². The standard InChI is InChI=1S/C14H12N2S/c1-11-4-2-5-12(8-11)10-17-14-7-3-6-13(9-15)16-14/h2-8H,10H2,1H3. The van der Waals surface area contributed by atoms with Crippen LogP contribution < -0.4 is 0 Å². The Bertz CT molecular complexity index is 558. The topological polar surface area (TPSA) is 36.7 Å². The molecule has 0 amide bonds. The largest absolute Gasteiger partial charge is 0.231 e. The summed E-state index contributed by atoms with van der Waals surface area (Å²) < 4.78 is 0. The van der Waals surface area contributed by atoms with Gasteiger partial charge in [0.2, 0.25) is 0 Å². The number of benzene rings is 1. The number of aromatic nitrogens is 1. The van der Waals surface area contributed by atoms with Crippen molar-refractivity contribution in [2.24, 2.45) is 0 Å². The van der Waals surface area contributed by atoms with E-state index in [0.29, 0.717) is 5.69 Å². The molecule has 2 rings (SSSR count). The molecular formula is C14H12N2S. The van der Waals surface area contributed by atoms with Crippen LogP contribution in [0.3, 0.4) is 0 Å². The van der Waals surface area contributed by atoms with E-state index in [2.05, 4.69) is 42.2 Å². The summed E-state index contributed by atoms with van der Waals surface area (Å²) in [4.78, 5) is 4.23. The van der Waals surface area contributed by atoms with Gasteiger partial charge in [0.25, 0.3) is 0 Å². The van der Waals surface area contributed by atoms with Gasteiger partial charge in [-0.25, -0.2) is 4.98 Å². The Morgan fingerprint density at radius 2 is 2.06 bits per heavy atom. The van der Waals surface area contributed by atoms with Gasteiger partial charge >= 0.3 is 0 Å². The molecule has 0 N–H and O–H groups in total. The Labute approximate surface area is 105 Å². The Morgan fingerprint density at radius 3 is 2.82 bits per heavy atom. The number of rotatable bonds is 3. The van der Waals surface area contributed by atoms with Gasteiger partial charge in [-0.15, -0.1) is 11.8 Å². The van der Waals surface area contributed by atoms with Crippen molar-refractivity contribution in [3.8, 4) is 6.07 Å². The molecule has 1 aromatic heterocycles. The number of thioether (sulfide) groups is 1. The lowest BCUT2D eigenvalue weighted by atomic mass is 10.2. The molecular weight excluding hydrogens is 228 g/mol. The van der Waals surface area contributed by atoms with Gasteiger partial charge in [0.05, 0.1) is 5.03 Å². The molecule has 0 aliphatic rings. The van der Waals surface area contributed by atoms with Crippen LogP contribution in [0.5, 0.6) is 0 Å². The summed E-state index contributed by atoms with van der Waals surface area (Å²) >= 11 is 1.65. The molecule has 3 heteroatoms. The predicted molar refractivity (Wildman–Crippen MR) is 69.7 cm³/mol. The third-order valence-corrected chi connectivity index (χ3v) is 3.31. The van der Waals surface area contributed by atoms with Crippen LogP contribution in [0.25, 0.3) is 0 Å². The van der Waals surface area contributed by atoms with Crippen LogP contribution in [0, 0.1) is 18.3 Å². The van der Waals surface area contributed by atoms with E-state index in [4.69, 9.17) is 5.26 Å². The minimum absolute atomic E-state index is 0.472. The van der Waals surface area contributed by atoms with Crippen LogP contribution in [0.1, 0.15) is 16.8 Å². The molecule has 0 fully saturated rings. The molecule has 17 heavy (non-hydrogen) atoms. The molecule has 1 heterocycles. The van der Waals surface area contributed by atoms with Gasteiger partial charge in [0.1, 0.15) is 11.8 Å². The van der Waals surface area contributed by atoms with Gasteiger partial charge in [-0.2, -0.15) is 5.26 Å². The summed E-state index contributed by atoms with van der Waals surface area (Å²) in [5.74, 6) is 0.879. The predicted octanol–water partition coefficient (Wildman–Crippen LogP) is 3.55. The van der Waals surface area contributed by atoms with Gasteiger partial charge < -0.3 is 0 Å². The summed E-state index contributed by atoms with van der Waals surface area (Å²) in [5.41, 5.74) is 3.01. The average molecular weight is 240 g/mol. The maximum atomic E-state index is 8.76. The zero-order chi connectivity index (χ0) is 12.1. The van der Waals surface area contributed by atoms with E-state index in [0.717, 1.165) is 10.8 Å². The zero-order valence-corrected chi connectivity index (χ0v) is 10.4. The number of pyridine rings is 1. The van der Waals surface area contributed by atoms with Gasteiger partial charge in [0.15, 0.2) is 0 Å². The summed E-state index contributed by atoms with van der Waals surface area (Å²) in [7, 11) is 0. The molecule has 2 nitrogen and oxygen atoms in total. The Kier molecular flexibility index (Phi) is 3.79. The molecule has 0 unspecified atom stereocenters. The van der Waals surface area contributed by atoms with Crippen molar-refractivity contribution < 1.29 is 0 Å². The van der Waals surface area contributed by atoms with Crippen LogP contribution in [0.2, 0.25) is 0 Å². The second-order valence-corrected chi connectivity index (χ2v) is 4.75. The van der Waals surface area contributed by atoms with Gasteiger partial charge in [0, 0.05) is 5.75 Å². The Hall–Kier alpha value is -1.79. The molecule has 84 valence electrons. The molecule has 1 aromatic carbocycles. The molecule has 0 saturated heterocycles. The van der Waals surface area contributed by atoms with Crippen molar-refractivity contribution in [3.05, 3.63) is 59.3 Å². The monoisotopic (exact) mass is 240 g/mol. The minimum atomic E-state index is 0.472. The number of aryl methyl sites for hydroxylation is 1. The summed E-state index contributed by atoms with van der Waals surface area (Å²) in [6, 6.07) is 16.0. The number of hydrogen-bond acceptors (Lipinski definition) is 3. The molecule has 2 aromatic rings. The molecule has 0 radical (unpaired) electrons. The summed E-state index contributed by atoms with van der Waals surface area (Å²) in [5, 5.41) is 9.66. The van der Waals surface area contributed by atoms with E-state index < -0.39 is 0 Å². The van der Waals surface area contributed by atoms with Crippen LogP contribution in [0.4, 0.5) is 0 Å². The summed E-state index contributed by atoms with van der Waals surface area (Å²) in [6.45, 7) is 2.09. The molecule has 0 spiro atoms. The maximum absolute atomic E-state index is 8.76. The fourth-order valence-corrected chi connectivity index (χ4v) is 2.35. The quantitative estimate of drug-likeness (QED) is 0.770. The smallest absolute Gasteiger partial charge is 0.141 e. The second kappa shape index (κ2) is 5.51. The highest BCUT2D eigenvalue weighted by molar-refractivity contribution is 7.98. The molecule has 0 aliphatic carbocycles. The first-order valence-corrected chi connectivity index (χ1v) is 6.32. The fourth-order valence-electron chi connectivity index (χ4n) is 1.52. The Balaban J connectivity index is 2.05. The normalized spacial score (nSPS) is 9.88. The lowest BCUT2D eigenvalue weighted by Gasteiger charge is -2.02. The van der Waals surface area contributed by atoms with Gasteiger partial charge in [-0.1, -0.05) is 35.9 Å². The number of nitriles is 1. The van der Waals surface area contributed by atoms with Gasteiger partial charge in [-0.3, -0.25) is 0 Å². The SMILES string of the molecule is Cc1cccc(CSc2cccc(C#N)n2)c1. The van der Waals surface area contributed by atoms with Crippen molar-refractivity contribution in [2.45, 2.75) is 17.7 Å². The summed E-state index contributed by atoms with van der Waals surface area (Å²) in [6.07, 6.45) is 0. The van der Waals surface area contributed by atoms with Crippen molar-refractivity contribution in [1.29, 1.82) is 5.26 Å². The first kappa shape index (κ1) is 11.7. The van der Waals surface area contributed by atoms with E-state index in [1.807, 2.05) is 12.1 Å². The van der Waals surface area contributed by atoms with Crippen molar-refractivity contribution in [1.82, 2.24) is 4.98 Å². The lowest BCUT2D eigenvalue weighted by Crippen LogP contribution is -1.86. The average Bonchev–Trinajstić information content (AvgIpc) is 2.37. The third kappa shape index (κ3) is 3.33. The van der Waals surface area contributed by atoms with E-state index in [9.17, 15) is 0 Å². The molecule has 0 saturated carbocycles. The van der Waals surface area contributed by atoms with E-state index in [-0.39, 0.29) is 0 Å². The minimum Gasteiger partial charge on any atom is -0.231 e. The number of hydrogen-bond donors (Lipinski definition) is 0. The molecule has 0 atom stereocenters. The van der Waals surface area contributed by atoms with E-state index in [1.165, 1.54) is 11.1 Å². The number of nitrogens with zero attached hydrogens (tertiary/aromatic N) is 2. The van der Waals surface area contributed by atoms with Crippen LogP contribution in [-0.2, 0) is 5.75 Å². The van der Waals surface area contributed by atoms with Gasteiger partial charge in [-0.05, 0) is 24.6 Å². The molecule has 0 bridgehead atoms. The highest BCUT2D eigenvalue weighted by atomic mass is 32.2. The third-order valence-electron chi connectivity index (χ3n) is 2.31. The van der Waals surface area contributed by atoms with Crippen LogP contribution in [-0.4, -0.2) is 4.98 Å². The highest BCUT2D eigenvalue weighted by Gasteiger charge is 1.99. The van der Waals surface area contributed by atoms with E-state index >= 15 is 0 Å². The van der Waals surface area contributed by atoms with Crippen LogP contribution in [0.15, 0.2) is 47.5 Å². The first-order chi connectivity index (χ1) is 8.28. The molecule has 0 aliphatic heterocycles. The zero-order valence-electron chi connectivity index (χ0n) is 9.55. The maximum Gasteiger partial charge on any atom is 0.141 e. The second-order valence-electron chi connectivity index (χ2n) is 3.75.